The molecule has 11 heteroatoms. The number of aromatic nitrogens is 2. The maximum Gasteiger partial charge on any atom is 0.490 e. The van der Waals surface area contributed by atoms with E-state index >= 15 is 0 Å². The molecule has 0 saturated carbocycles. The molecule has 1 unspecified atom stereocenters. The number of aryl methyl sites for hydroxylation is 1. The van der Waals surface area contributed by atoms with Crippen molar-refractivity contribution in [2.24, 2.45) is 5.92 Å². The van der Waals surface area contributed by atoms with Crippen molar-refractivity contribution in [3.8, 4) is 22.5 Å². The number of carbonyl (C=O) groups is 2. The van der Waals surface area contributed by atoms with Crippen LogP contribution in [0.1, 0.15) is 17.5 Å². The summed E-state index contributed by atoms with van der Waals surface area (Å²) in [5.41, 5.74) is 7.91. The van der Waals surface area contributed by atoms with Crippen molar-refractivity contribution < 1.29 is 32.6 Å². The number of amides is 1. The van der Waals surface area contributed by atoms with Crippen LogP contribution in [0.2, 0.25) is 0 Å². The van der Waals surface area contributed by atoms with Crippen LogP contribution in [-0.4, -0.2) is 64.5 Å². The molecule has 1 aliphatic heterocycles. The van der Waals surface area contributed by atoms with Crippen LogP contribution >= 0.6 is 0 Å². The molecule has 226 valence electrons. The van der Waals surface area contributed by atoms with Crippen LogP contribution in [0.3, 0.4) is 0 Å². The minimum Gasteiger partial charge on any atom is -0.475 e. The highest BCUT2D eigenvalue weighted by Gasteiger charge is 2.38. The fourth-order valence-corrected chi connectivity index (χ4v) is 4.78. The van der Waals surface area contributed by atoms with Gasteiger partial charge in [-0.15, -0.1) is 0 Å². The maximum atomic E-state index is 12.0. The summed E-state index contributed by atoms with van der Waals surface area (Å²) in [6, 6.07) is 23.4. The van der Waals surface area contributed by atoms with Gasteiger partial charge in [0.25, 0.3) is 0 Å². The molecule has 0 bridgehead atoms. The quantitative estimate of drug-likeness (QED) is 0.199. The van der Waals surface area contributed by atoms with Crippen LogP contribution in [0.5, 0.6) is 0 Å². The van der Waals surface area contributed by atoms with Gasteiger partial charge < -0.3 is 25.0 Å². The third kappa shape index (κ3) is 8.45. The number of nitrogens with zero attached hydrogens (tertiary/aromatic N) is 2. The van der Waals surface area contributed by atoms with Crippen LogP contribution in [-0.2, 0) is 16.1 Å². The zero-order valence-corrected chi connectivity index (χ0v) is 23.7. The zero-order chi connectivity index (χ0) is 31.0. The van der Waals surface area contributed by atoms with Crippen LogP contribution in [0, 0.1) is 12.8 Å². The Bertz CT molecular complexity index is 1570. The summed E-state index contributed by atoms with van der Waals surface area (Å²) in [6.45, 7) is 9.11. The fraction of sp³-hybridized carbons (Fsp3) is 0.281. The molecule has 1 saturated heterocycles. The van der Waals surface area contributed by atoms with E-state index < -0.39 is 12.1 Å². The Kier molecular flexibility index (Phi) is 10.2. The molecule has 3 aromatic carbocycles. The van der Waals surface area contributed by atoms with Crippen LogP contribution < -0.4 is 5.32 Å². The summed E-state index contributed by atoms with van der Waals surface area (Å²) < 4.78 is 36.9. The highest BCUT2D eigenvalue weighted by atomic mass is 19.4. The van der Waals surface area contributed by atoms with E-state index in [1.54, 1.807) is 11.0 Å². The molecule has 5 rings (SSSR count). The molecular formula is C32H33F3N4O4. The van der Waals surface area contributed by atoms with Crippen molar-refractivity contribution in [3.63, 3.8) is 0 Å². The van der Waals surface area contributed by atoms with E-state index in [9.17, 15) is 18.0 Å². The van der Waals surface area contributed by atoms with E-state index in [-0.39, 0.29) is 12.7 Å². The normalized spacial score (nSPS) is 14.7. The van der Waals surface area contributed by atoms with E-state index in [1.165, 1.54) is 22.3 Å². The average molecular weight is 595 g/mol. The number of benzene rings is 3. The van der Waals surface area contributed by atoms with Gasteiger partial charge in [0.2, 0.25) is 0 Å². The summed E-state index contributed by atoms with van der Waals surface area (Å²) >= 11 is 0. The van der Waals surface area contributed by atoms with Crippen molar-refractivity contribution in [3.05, 3.63) is 90.5 Å². The molecule has 0 radical (unpaired) electrons. The molecule has 1 aromatic heterocycles. The minimum atomic E-state index is -5.08. The first-order valence-corrected chi connectivity index (χ1v) is 13.7. The van der Waals surface area contributed by atoms with Gasteiger partial charge >= 0.3 is 18.2 Å². The molecule has 0 spiro atoms. The average Bonchev–Trinajstić information content (AvgIpc) is 3.65. The minimum absolute atomic E-state index is 0.243. The van der Waals surface area contributed by atoms with Crippen molar-refractivity contribution in [2.45, 2.75) is 26.1 Å². The molecule has 1 atom stereocenters. The number of alkyl halides is 3. The molecule has 1 aliphatic rings. The summed E-state index contributed by atoms with van der Waals surface area (Å²) in [5, 5.41) is 10.7. The number of fused-ring (bicyclic) bond motifs is 1. The third-order valence-corrected chi connectivity index (χ3v) is 7.01. The van der Waals surface area contributed by atoms with Gasteiger partial charge in [-0.1, -0.05) is 67.3 Å². The fourth-order valence-electron chi connectivity index (χ4n) is 4.78. The van der Waals surface area contributed by atoms with Gasteiger partial charge in [0.05, 0.1) is 11.0 Å². The number of carboxylic acid groups (broad SMARTS) is 1. The van der Waals surface area contributed by atoms with Gasteiger partial charge in [0, 0.05) is 31.7 Å². The molecule has 43 heavy (non-hydrogen) atoms. The Morgan fingerprint density at radius 1 is 1.12 bits per heavy atom. The lowest BCUT2D eigenvalue weighted by Gasteiger charge is -2.16. The molecule has 3 N–H and O–H groups in total. The molecular weight excluding hydrogens is 561 g/mol. The number of carbonyl (C=O) groups excluding carboxylic acids is 1. The molecule has 0 aliphatic carbocycles. The predicted molar refractivity (Wildman–Crippen MR) is 158 cm³/mol. The second kappa shape index (κ2) is 14.0. The molecule has 2 heterocycles. The number of imidazole rings is 1. The van der Waals surface area contributed by atoms with Gasteiger partial charge in [-0.05, 0) is 53.6 Å². The number of nitrogens with one attached hydrogen (secondary N) is 2. The first-order chi connectivity index (χ1) is 20.5. The number of likely N-dealkylation sites (tertiary alicyclic amines) is 1. The van der Waals surface area contributed by atoms with Crippen LogP contribution in [0.4, 0.5) is 18.0 Å². The van der Waals surface area contributed by atoms with E-state index in [0.29, 0.717) is 5.92 Å². The molecule has 1 amide bonds. The number of aromatic amines is 1. The zero-order valence-electron chi connectivity index (χ0n) is 23.7. The van der Waals surface area contributed by atoms with E-state index in [2.05, 4.69) is 90.5 Å². The Morgan fingerprint density at radius 2 is 1.81 bits per heavy atom. The molecule has 1 fully saturated rings. The number of rotatable bonds is 8. The summed E-state index contributed by atoms with van der Waals surface area (Å²) in [5.74, 6) is -1.42. The number of para-hydroxylation sites is 1. The highest BCUT2D eigenvalue weighted by molar-refractivity contribution is 5.83. The molecule has 8 nitrogen and oxygen atoms in total. The number of hydrogen-bond acceptors (Lipinski definition) is 5. The lowest BCUT2D eigenvalue weighted by atomic mass is 10.0. The van der Waals surface area contributed by atoms with Crippen molar-refractivity contribution in [1.29, 1.82) is 0 Å². The van der Waals surface area contributed by atoms with Gasteiger partial charge in [-0.25, -0.2) is 14.6 Å². The number of aliphatic carboxylic acids is 1. The number of halogens is 3. The van der Waals surface area contributed by atoms with Gasteiger partial charge in [0.15, 0.2) is 0 Å². The lowest BCUT2D eigenvalue weighted by molar-refractivity contribution is -0.192. The first-order valence-electron chi connectivity index (χ1n) is 13.7. The summed E-state index contributed by atoms with van der Waals surface area (Å²) in [7, 11) is 0. The highest BCUT2D eigenvalue weighted by Crippen LogP contribution is 2.27. The van der Waals surface area contributed by atoms with Gasteiger partial charge in [-0.2, -0.15) is 13.2 Å². The number of carboxylic acids is 1. The van der Waals surface area contributed by atoms with Crippen LogP contribution in [0.25, 0.3) is 33.5 Å². The van der Waals surface area contributed by atoms with Crippen LogP contribution in [0.15, 0.2) is 79.4 Å². The number of hydrogen-bond donors (Lipinski definition) is 3. The van der Waals surface area contributed by atoms with Crippen molar-refractivity contribution >= 4 is 23.1 Å². The maximum absolute atomic E-state index is 12.0. The SMILES string of the molecule is C=CCOC(=O)N1CCC(CNCc2ccc(-c3cccc(-c4nc5c(C)cccc5[nH]4)c3)cc2)C1.O=C(O)C(F)(F)F. The number of ether oxygens (including phenoxy) is 1. The van der Waals surface area contributed by atoms with E-state index in [1.807, 2.05) is 0 Å². The lowest BCUT2D eigenvalue weighted by Crippen LogP contribution is -2.31. The number of H-pyrrole nitrogens is 1. The smallest absolute Gasteiger partial charge is 0.475 e. The first kappa shape index (κ1) is 31.3. The Hall–Kier alpha value is -4.64. The van der Waals surface area contributed by atoms with Gasteiger partial charge in [0.1, 0.15) is 12.4 Å². The summed E-state index contributed by atoms with van der Waals surface area (Å²) in [6.07, 6.45) is -2.74. The van der Waals surface area contributed by atoms with Crippen molar-refractivity contribution in [2.75, 3.05) is 26.2 Å². The molecule has 4 aromatic rings. The predicted octanol–water partition coefficient (Wildman–Crippen LogP) is 6.57. The van der Waals surface area contributed by atoms with Crippen molar-refractivity contribution in [1.82, 2.24) is 20.2 Å². The second-order valence-electron chi connectivity index (χ2n) is 10.2. The topological polar surface area (TPSA) is 108 Å². The standard InChI is InChI=1S/C30H32N4O2.C2HF3O2/c1-3-16-36-30(35)34-15-14-23(20-34)19-31-18-22-10-12-24(13-11-22)25-7-5-8-26(17-25)29-32-27-9-4-6-21(2)28(27)33-29;3-2(4,5)1(6)7/h3-13,17,23,31H,1,14-16,18-20H2,2H3,(H,32,33);(H,6,7). The second-order valence-corrected chi connectivity index (χ2v) is 10.2. The Balaban J connectivity index is 0.000000541. The summed E-state index contributed by atoms with van der Waals surface area (Å²) in [4.78, 5) is 30.9. The third-order valence-electron chi connectivity index (χ3n) is 7.01. The monoisotopic (exact) mass is 594 g/mol. The Morgan fingerprint density at radius 3 is 2.49 bits per heavy atom. The largest absolute Gasteiger partial charge is 0.490 e. The van der Waals surface area contributed by atoms with E-state index in [4.69, 9.17) is 19.6 Å². The van der Waals surface area contributed by atoms with E-state index in [0.717, 1.165) is 55.0 Å². The van der Waals surface area contributed by atoms with Gasteiger partial charge in [-0.3, -0.25) is 0 Å². The Labute approximate surface area is 247 Å².